The molecule has 0 aliphatic rings. The molecule has 20 heavy (non-hydrogen) atoms. The van der Waals surface area contributed by atoms with Gasteiger partial charge in [0.2, 0.25) is 0 Å². The summed E-state index contributed by atoms with van der Waals surface area (Å²) in [6, 6.07) is 9.85. The van der Waals surface area contributed by atoms with Gasteiger partial charge in [0.15, 0.2) is 0 Å². The van der Waals surface area contributed by atoms with Crippen LogP contribution >= 0.6 is 11.6 Å². The Morgan fingerprint density at radius 2 is 1.75 bits per heavy atom. The third-order valence-corrected chi connectivity index (χ3v) is 3.36. The van der Waals surface area contributed by atoms with Gasteiger partial charge in [-0.3, -0.25) is 0 Å². The fraction of sp³-hybridized carbons (Fsp3) is 0.250. The Morgan fingerprint density at radius 1 is 1.10 bits per heavy atom. The van der Waals surface area contributed by atoms with Crippen LogP contribution in [0.4, 0.5) is 14.5 Å². The monoisotopic (exact) mass is 295 g/mol. The Labute approximate surface area is 122 Å². The normalized spacial score (nSPS) is 12.2. The standard InChI is InChI=1S/C16H16ClF2N/c1-10-7-15(19)16(9-14(10)18)20-11(2)8-12-3-5-13(17)6-4-12/h3-7,9,11,20H,8H2,1-2H3. The van der Waals surface area contributed by atoms with Gasteiger partial charge in [-0.25, -0.2) is 8.78 Å². The molecule has 0 spiro atoms. The SMILES string of the molecule is Cc1cc(F)c(NC(C)Cc2ccc(Cl)cc2)cc1F. The topological polar surface area (TPSA) is 12.0 Å². The van der Waals surface area contributed by atoms with E-state index in [1.54, 1.807) is 6.92 Å². The van der Waals surface area contributed by atoms with Crippen LogP contribution in [0.1, 0.15) is 18.1 Å². The summed E-state index contributed by atoms with van der Waals surface area (Å²) in [6.45, 7) is 3.46. The zero-order chi connectivity index (χ0) is 14.7. The van der Waals surface area contributed by atoms with Crippen LogP contribution in [0.2, 0.25) is 5.02 Å². The molecule has 0 radical (unpaired) electrons. The summed E-state index contributed by atoms with van der Waals surface area (Å²) in [5.41, 5.74) is 1.58. The summed E-state index contributed by atoms with van der Waals surface area (Å²) < 4.78 is 27.2. The number of benzene rings is 2. The van der Waals surface area contributed by atoms with Gasteiger partial charge in [-0.2, -0.15) is 0 Å². The number of hydrogen-bond donors (Lipinski definition) is 1. The van der Waals surface area contributed by atoms with E-state index in [2.05, 4.69) is 5.32 Å². The molecule has 0 aliphatic carbocycles. The summed E-state index contributed by atoms with van der Waals surface area (Å²) in [5.74, 6) is -0.848. The lowest BCUT2D eigenvalue weighted by molar-refractivity contribution is 0.592. The van der Waals surface area contributed by atoms with Gasteiger partial charge in [0, 0.05) is 17.1 Å². The first kappa shape index (κ1) is 14.8. The minimum atomic E-state index is -0.438. The first-order valence-corrected chi connectivity index (χ1v) is 6.80. The number of rotatable bonds is 4. The van der Waals surface area contributed by atoms with Gasteiger partial charge in [-0.15, -0.1) is 0 Å². The Kier molecular flexibility index (Phi) is 4.61. The number of anilines is 1. The molecule has 0 saturated carbocycles. The lowest BCUT2D eigenvalue weighted by atomic mass is 10.1. The molecule has 2 rings (SSSR count). The highest BCUT2D eigenvalue weighted by Gasteiger charge is 2.10. The van der Waals surface area contributed by atoms with Crippen LogP contribution in [0.15, 0.2) is 36.4 Å². The maximum atomic E-state index is 13.7. The van der Waals surface area contributed by atoms with Gasteiger partial charge < -0.3 is 5.32 Å². The molecule has 0 bridgehead atoms. The van der Waals surface area contributed by atoms with Crippen molar-refractivity contribution in [2.24, 2.45) is 0 Å². The maximum Gasteiger partial charge on any atom is 0.146 e. The van der Waals surface area contributed by atoms with E-state index in [1.165, 1.54) is 12.1 Å². The van der Waals surface area contributed by atoms with Gasteiger partial charge in [-0.1, -0.05) is 23.7 Å². The van der Waals surface area contributed by atoms with E-state index in [9.17, 15) is 8.78 Å². The molecule has 1 atom stereocenters. The zero-order valence-electron chi connectivity index (χ0n) is 11.4. The maximum absolute atomic E-state index is 13.7. The van der Waals surface area contributed by atoms with Gasteiger partial charge >= 0.3 is 0 Å². The van der Waals surface area contributed by atoms with Gasteiger partial charge in [0.1, 0.15) is 11.6 Å². The molecule has 0 heterocycles. The number of nitrogens with one attached hydrogen (secondary N) is 1. The predicted octanol–water partition coefficient (Wildman–Crippen LogP) is 4.97. The molecule has 4 heteroatoms. The molecule has 0 aliphatic heterocycles. The highest BCUT2D eigenvalue weighted by atomic mass is 35.5. The minimum absolute atomic E-state index is 0.0206. The summed E-state index contributed by atoms with van der Waals surface area (Å²) in [6.07, 6.45) is 0.701. The Bertz CT molecular complexity index is 596. The Hall–Kier alpha value is -1.61. The minimum Gasteiger partial charge on any atom is -0.380 e. The molecule has 2 aromatic carbocycles. The second-order valence-electron chi connectivity index (χ2n) is 4.96. The molecular weight excluding hydrogens is 280 g/mol. The number of hydrogen-bond acceptors (Lipinski definition) is 1. The molecule has 106 valence electrons. The predicted molar refractivity (Wildman–Crippen MR) is 79.3 cm³/mol. The highest BCUT2D eigenvalue weighted by molar-refractivity contribution is 6.30. The quantitative estimate of drug-likeness (QED) is 0.840. The molecule has 1 nitrogen and oxygen atoms in total. The van der Waals surface area contributed by atoms with Crippen molar-refractivity contribution in [3.8, 4) is 0 Å². The number of aryl methyl sites for hydroxylation is 1. The first-order chi connectivity index (χ1) is 9.45. The highest BCUT2D eigenvalue weighted by Crippen LogP contribution is 2.20. The van der Waals surface area contributed by atoms with Crippen molar-refractivity contribution in [3.05, 3.63) is 64.2 Å². The van der Waals surface area contributed by atoms with Crippen molar-refractivity contribution in [2.75, 3.05) is 5.32 Å². The average Bonchev–Trinajstić information content (AvgIpc) is 2.39. The molecule has 1 unspecified atom stereocenters. The van der Waals surface area contributed by atoms with Crippen LogP contribution in [0.25, 0.3) is 0 Å². The molecule has 0 saturated heterocycles. The molecule has 1 N–H and O–H groups in total. The fourth-order valence-corrected chi connectivity index (χ4v) is 2.17. The van der Waals surface area contributed by atoms with Gasteiger partial charge in [0.25, 0.3) is 0 Å². The average molecular weight is 296 g/mol. The van der Waals surface area contributed by atoms with Gasteiger partial charge in [0.05, 0.1) is 5.69 Å². The van der Waals surface area contributed by atoms with E-state index in [0.717, 1.165) is 5.56 Å². The van der Waals surface area contributed by atoms with Crippen molar-refractivity contribution >= 4 is 17.3 Å². The fourth-order valence-electron chi connectivity index (χ4n) is 2.05. The summed E-state index contributed by atoms with van der Waals surface area (Å²) in [7, 11) is 0. The van der Waals surface area contributed by atoms with Crippen LogP contribution in [0.5, 0.6) is 0 Å². The lowest BCUT2D eigenvalue weighted by Crippen LogP contribution is -2.19. The largest absolute Gasteiger partial charge is 0.380 e. The van der Waals surface area contributed by atoms with Crippen molar-refractivity contribution < 1.29 is 8.78 Å². The molecule has 0 fully saturated rings. The Morgan fingerprint density at radius 3 is 2.40 bits per heavy atom. The molecule has 0 aromatic heterocycles. The van der Waals surface area contributed by atoms with Crippen molar-refractivity contribution in [3.63, 3.8) is 0 Å². The molecule has 0 amide bonds. The first-order valence-electron chi connectivity index (χ1n) is 6.42. The van der Waals surface area contributed by atoms with Crippen LogP contribution in [0, 0.1) is 18.6 Å². The second-order valence-corrected chi connectivity index (χ2v) is 5.39. The van der Waals surface area contributed by atoms with Crippen LogP contribution in [0.3, 0.4) is 0 Å². The van der Waals surface area contributed by atoms with E-state index < -0.39 is 11.6 Å². The van der Waals surface area contributed by atoms with Crippen molar-refractivity contribution in [2.45, 2.75) is 26.3 Å². The zero-order valence-corrected chi connectivity index (χ0v) is 12.1. The van der Waals surface area contributed by atoms with Crippen molar-refractivity contribution in [1.29, 1.82) is 0 Å². The lowest BCUT2D eigenvalue weighted by Gasteiger charge is -2.16. The smallest absolute Gasteiger partial charge is 0.146 e. The van der Waals surface area contributed by atoms with E-state index in [-0.39, 0.29) is 11.7 Å². The van der Waals surface area contributed by atoms with Crippen LogP contribution in [-0.4, -0.2) is 6.04 Å². The van der Waals surface area contributed by atoms with Crippen molar-refractivity contribution in [1.82, 2.24) is 0 Å². The van der Waals surface area contributed by atoms with E-state index in [1.807, 2.05) is 31.2 Å². The molecular formula is C16H16ClF2N. The third-order valence-electron chi connectivity index (χ3n) is 3.11. The van der Waals surface area contributed by atoms with E-state index in [4.69, 9.17) is 11.6 Å². The van der Waals surface area contributed by atoms with Gasteiger partial charge in [-0.05, 0) is 49.6 Å². The third kappa shape index (κ3) is 3.70. The van der Waals surface area contributed by atoms with E-state index in [0.29, 0.717) is 17.0 Å². The summed E-state index contributed by atoms with van der Waals surface area (Å²) in [4.78, 5) is 0. The van der Waals surface area contributed by atoms with Crippen LogP contribution < -0.4 is 5.32 Å². The summed E-state index contributed by atoms with van der Waals surface area (Å²) >= 11 is 5.82. The molecule has 2 aromatic rings. The number of halogens is 3. The van der Waals surface area contributed by atoms with Crippen LogP contribution in [-0.2, 0) is 6.42 Å². The Balaban J connectivity index is 2.06. The van der Waals surface area contributed by atoms with E-state index >= 15 is 0 Å². The summed E-state index contributed by atoms with van der Waals surface area (Å²) in [5, 5.41) is 3.67. The second kappa shape index (κ2) is 6.23.